The van der Waals surface area contributed by atoms with Crippen LogP contribution in [0.2, 0.25) is 0 Å². The second-order valence-corrected chi connectivity index (χ2v) is 7.87. The van der Waals surface area contributed by atoms with Crippen molar-refractivity contribution in [2.75, 3.05) is 23.7 Å². The van der Waals surface area contributed by atoms with Crippen LogP contribution < -0.4 is 16.0 Å². The second kappa shape index (κ2) is 6.89. The Balaban J connectivity index is 1.36. The van der Waals surface area contributed by atoms with Gasteiger partial charge < -0.3 is 20.9 Å². The molecule has 27 heavy (non-hydrogen) atoms. The third kappa shape index (κ3) is 3.16. The molecule has 0 unspecified atom stereocenters. The Labute approximate surface area is 160 Å². The summed E-state index contributed by atoms with van der Waals surface area (Å²) in [6, 6.07) is 15.4. The zero-order valence-corrected chi connectivity index (χ0v) is 15.5. The average Bonchev–Trinajstić information content (AvgIpc) is 2.83. The molecule has 140 valence electrons. The molecule has 2 aromatic rings. The smallest absolute Gasteiger partial charge is 0.322 e. The Kier molecular flexibility index (Phi) is 4.24. The number of aryl methyl sites for hydroxylation is 2. The van der Waals surface area contributed by atoms with E-state index in [2.05, 4.69) is 57.2 Å². The van der Waals surface area contributed by atoms with Gasteiger partial charge in [-0.05, 0) is 68.0 Å². The van der Waals surface area contributed by atoms with Gasteiger partial charge >= 0.3 is 6.03 Å². The highest BCUT2D eigenvalue weighted by atomic mass is 16.2. The van der Waals surface area contributed by atoms with E-state index in [1.165, 1.54) is 11.1 Å². The number of benzene rings is 2. The zero-order chi connectivity index (χ0) is 18.2. The van der Waals surface area contributed by atoms with Gasteiger partial charge in [-0.1, -0.05) is 24.3 Å². The summed E-state index contributed by atoms with van der Waals surface area (Å²) in [5, 5.41) is 10.2. The molecular weight excluding hydrogens is 336 g/mol. The highest BCUT2D eigenvalue weighted by Crippen LogP contribution is 2.33. The maximum Gasteiger partial charge on any atom is 0.322 e. The van der Waals surface area contributed by atoms with E-state index in [1.807, 2.05) is 6.07 Å². The molecule has 0 saturated carbocycles. The third-order valence-electron chi connectivity index (χ3n) is 6.20. The van der Waals surface area contributed by atoms with Crippen molar-refractivity contribution < 1.29 is 4.79 Å². The zero-order valence-electron chi connectivity index (χ0n) is 15.5. The van der Waals surface area contributed by atoms with Gasteiger partial charge in [0.1, 0.15) is 0 Å². The molecular formula is C22H26N4O. The number of hydrogen-bond donors (Lipinski definition) is 3. The minimum absolute atomic E-state index is 0.0418. The van der Waals surface area contributed by atoms with Gasteiger partial charge in [-0.2, -0.15) is 0 Å². The van der Waals surface area contributed by atoms with Crippen molar-refractivity contribution in [3.8, 4) is 0 Å². The van der Waals surface area contributed by atoms with Gasteiger partial charge in [0.2, 0.25) is 0 Å². The lowest BCUT2D eigenvalue weighted by Gasteiger charge is -2.28. The van der Waals surface area contributed by atoms with Crippen molar-refractivity contribution >= 4 is 23.1 Å². The predicted molar refractivity (Wildman–Crippen MR) is 109 cm³/mol. The Bertz CT molecular complexity index is 851. The van der Waals surface area contributed by atoms with Gasteiger partial charge in [0.05, 0.1) is 0 Å². The lowest BCUT2D eigenvalue weighted by molar-refractivity contribution is 0.190. The van der Waals surface area contributed by atoms with E-state index in [4.69, 9.17) is 0 Å². The number of carbonyl (C=O) groups excluding carboxylic acids is 1. The molecule has 3 aliphatic heterocycles. The summed E-state index contributed by atoms with van der Waals surface area (Å²) in [6.45, 7) is 1.92. The van der Waals surface area contributed by atoms with E-state index >= 15 is 0 Å². The molecule has 0 radical (unpaired) electrons. The fraction of sp³-hybridized carbons (Fsp3) is 0.409. The van der Waals surface area contributed by atoms with Crippen LogP contribution in [0.1, 0.15) is 30.4 Å². The van der Waals surface area contributed by atoms with Crippen LogP contribution in [-0.2, 0) is 12.8 Å². The van der Waals surface area contributed by atoms with Crippen LogP contribution in [0.3, 0.4) is 0 Å². The molecule has 3 heterocycles. The number of urea groups is 1. The van der Waals surface area contributed by atoms with E-state index < -0.39 is 0 Å². The standard InChI is InChI=1S/C22H26N4O/c27-22(26-18-9-10-19(26)14-23-12-11-18)24-17-8-7-16-6-5-15-3-1-2-4-20(15)25-21(16)13-17/h1-4,7-8,13,18-19,23,25H,5-6,9-12,14H2,(H,24,27)/t18-,19+/m0/s1. The molecule has 0 aromatic heterocycles. The van der Waals surface area contributed by atoms with Gasteiger partial charge in [0, 0.05) is 35.7 Å². The van der Waals surface area contributed by atoms with Crippen molar-refractivity contribution in [2.45, 2.75) is 44.2 Å². The van der Waals surface area contributed by atoms with E-state index in [1.54, 1.807) is 0 Å². The van der Waals surface area contributed by atoms with Crippen LogP contribution >= 0.6 is 0 Å². The van der Waals surface area contributed by atoms with Crippen molar-refractivity contribution in [2.24, 2.45) is 0 Å². The molecule has 0 spiro atoms. The number of fused-ring (bicyclic) bond motifs is 4. The molecule has 0 aliphatic carbocycles. The predicted octanol–water partition coefficient (Wildman–Crippen LogP) is 3.89. The van der Waals surface area contributed by atoms with Crippen LogP contribution in [0.5, 0.6) is 0 Å². The number of carbonyl (C=O) groups is 1. The van der Waals surface area contributed by atoms with E-state index in [-0.39, 0.29) is 6.03 Å². The molecule has 5 nitrogen and oxygen atoms in total. The third-order valence-corrected chi connectivity index (χ3v) is 6.20. The SMILES string of the molecule is O=C(Nc1ccc2c(c1)Nc1ccccc1CC2)N1[C@@H]2CCNC[C@H]1CC2. The van der Waals surface area contributed by atoms with E-state index in [0.29, 0.717) is 12.1 Å². The highest BCUT2D eigenvalue weighted by molar-refractivity contribution is 5.91. The van der Waals surface area contributed by atoms with Gasteiger partial charge in [0.25, 0.3) is 0 Å². The first-order chi connectivity index (χ1) is 13.3. The van der Waals surface area contributed by atoms with Crippen LogP contribution in [-0.4, -0.2) is 36.1 Å². The highest BCUT2D eigenvalue weighted by Gasteiger charge is 2.38. The maximum absolute atomic E-state index is 13.0. The summed E-state index contributed by atoms with van der Waals surface area (Å²) >= 11 is 0. The first-order valence-corrected chi connectivity index (χ1v) is 10.1. The quantitative estimate of drug-likeness (QED) is 0.721. The molecule has 2 saturated heterocycles. The first kappa shape index (κ1) is 16.6. The molecule has 2 amide bonds. The summed E-state index contributed by atoms with van der Waals surface area (Å²) in [4.78, 5) is 15.1. The molecule has 3 aliphatic rings. The molecule has 2 bridgehead atoms. The fourth-order valence-corrected chi connectivity index (χ4v) is 4.77. The van der Waals surface area contributed by atoms with Crippen molar-refractivity contribution in [1.82, 2.24) is 10.2 Å². The summed E-state index contributed by atoms with van der Waals surface area (Å²) in [7, 11) is 0. The monoisotopic (exact) mass is 362 g/mol. The molecule has 2 fully saturated rings. The topological polar surface area (TPSA) is 56.4 Å². The van der Waals surface area contributed by atoms with Crippen molar-refractivity contribution in [3.63, 3.8) is 0 Å². The van der Waals surface area contributed by atoms with E-state index in [0.717, 1.165) is 62.3 Å². The number of nitrogens with zero attached hydrogens (tertiary/aromatic N) is 1. The van der Waals surface area contributed by atoms with Gasteiger partial charge in [-0.3, -0.25) is 0 Å². The Hall–Kier alpha value is -2.53. The molecule has 5 heteroatoms. The summed E-state index contributed by atoms with van der Waals surface area (Å²) in [5.41, 5.74) is 5.76. The molecule has 2 atom stereocenters. The van der Waals surface area contributed by atoms with Gasteiger partial charge in [0.15, 0.2) is 0 Å². The van der Waals surface area contributed by atoms with Crippen molar-refractivity contribution in [1.29, 1.82) is 0 Å². The normalized spacial score (nSPS) is 23.5. The van der Waals surface area contributed by atoms with Gasteiger partial charge in [-0.15, -0.1) is 0 Å². The minimum atomic E-state index is 0.0418. The van der Waals surface area contributed by atoms with Crippen LogP contribution in [0.4, 0.5) is 21.9 Å². The van der Waals surface area contributed by atoms with E-state index in [9.17, 15) is 4.79 Å². The minimum Gasteiger partial charge on any atom is -0.355 e. The number of rotatable bonds is 1. The van der Waals surface area contributed by atoms with Gasteiger partial charge in [-0.25, -0.2) is 4.79 Å². The number of hydrogen-bond acceptors (Lipinski definition) is 3. The van der Waals surface area contributed by atoms with Crippen LogP contribution in [0, 0.1) is 0 Å². The largest absolute Gasteiger partial charge is 0.355 e. The fourth-order valence-electron chi connectivity index (χ4n) is 4.77. The number of amides is 2. The van der Waals surface area contributed by atoms with Crippen LogP contribution in [0.25, 0.3) is 0 Å². The first-order valence-electron chi connectivity index (χ1n) is 10.1. The lowest BCUT2D eigenvalue weighted by atomic mass is 10.0. The Morgan fingerprint density at radius 1 is 0.963 bits per heavy atom. The lowest BCUT2D eigenvalue weighted by Crippen LogP contribution is -2.44. The average molecular weight is 362 g/mol. The molecule has 2 aromatic carbocycles. The van der Waals surface area contributed by atoms with Crippen molar-refractivity contribution in [3.05, 3.63) is 53.6 Å². The molecule has 3 N–H and O–H groups in total. The molecule has 5 rings (SSSR count). The summed E-state index contributed by atoms with van der Waals surface area (Å²) in [5.74, 6) is 0. The number of nitrogens with one attached hydrogen (secondary N) is 3. The second-order valence-electron chi connectivity index (χ2n) is 7.87. The maximum atomic E-state index is 13.0. The number of anilines is 3. The van der Waals surface area contributed by atoms with Crippen LogP contribution in [0.15, 0.2) is 42.5 Å². The Morgan fingerprint density at radius 2 is 1.78 bits per heavy atom. The number of para-hydroxylation sites is 1. The Morgan fingerprint density at radius 3 is 2.70 bits per heavy atom. The summed E-state index contributed by atoms with van der Waals surface area (Å²) < 4.78 is 0. The summed E-state index contributed by atoms with van der Waals surface area (Å²) in [6.07, 6.45) is 5.32.